The van der Waals surface area contributed by atoms with Gasteiger partial charge in [-0.2, -0.15) is 0 Å². The molecule has 6 nitrogen and oxygen atoms in total. The highest BCUT2D eigenvalue weighted by molar-refractivity contribution is 5.69. The summed E-state index contributed by atoms with van der Waals surface area (Å²) in [5, 5.41) is 13.3. The van der Waals surface area contributed by atoms with Gasteiger partial charge in [0.25, 0.3) is 0 Å². The van der Waals surface area contributed by atoms with E-state index in [9.17, 15) is 10.0 Å². The summed E-state index contributed by atoms with van der Waals surface area (Å²) in [6, 6.07) is 0. The molecule has 1 fully saturated rings. The fourth-order valence-electron chi connectivity index (χ4n) is 3.01. The molecule has 0 atom stereocenters. The van der Waals surface area contributed by atoms with Gasteiger partial charge in [-0.3, -0.25) is 4.79 Å². The topological polar surface area (TPSA) is 70.4 Å². The van der Waals surface area contributed by atoms with E-state index in [1.165, 1.54) is 0 Å². The molecule has 0 bridgehead atoms. The van der Waals surface area contributed by atoms with Crippen molar-refractivity contribution in [2.75, 3.05) is 0 Å². The molecule has 2 rings (SSSR count). The molecule has 0 saturated carbocycles. The second kappa shape index (κ2) is 5.18. The normalized spacial score (nSPS) is 22.6. The largest absolute Gasteiger partial charge is 0.784 e. The molecule has 2 heterocycles. The number of imidazole rings is 1. The third-order valence-electron chi connectivity index (χ3n) is 3.72. The van der Waals surface area contributed by atoms with E-state index >= 15 is 0 Å². The summed E-state index contributed by atoms with van der Waals surface area (Å²) >= 11 is 0. The van der Waals surface area contributed by atoms with Crippen LogP contribution in [0.4, 0.5) is 0 Å². The molecule has 1 aliphatic heterocycles. The standard InChI is InChI=1S/C14H22N3O3/c1-13(2)7-11(8-14(3,4)17(13)19)20-12(18)9-16-6-5-15-10-16/h5-6,10-11H,7-9H2,1-4H3/q-1. The number of hydroxylamine groups is 2. The van der Waals surface area contributed by atoms with Crippen LogP contribution in [0.3, 0.4) is 0 Å². The molecule has 0 radical (unpaired) electrons. The van der Waals surface area contributed by atoms with Crippen molar-refractivity contribution in [3.05, 3.63) is 23.9 Å². The predicted octanol–water partition coefficient (Wildman–Crippen LogP) is 1.95. The van der Waals surface area contributed by atoms with Crippen LogP contribution in [0.1, 0.15) is 40.5 Å². The van der Waals surface area contributed by atoms with Crippen molar-refractivity contribution >= 4 is 5.97 Å². The zero-order valence-corrected chi connectivity index (χ0v) is 12.5. The van der Waals surface area contributed by atoms with Gasteiger partial charge in [0.15, 0.2) is 0 Å². The Bertz CT molecular complexity index is 450. The van der Waals surface area contributed by atoms with E-state index in [0.29, 0.717) is 12.8 Å². The predicted molar refractivity (Wildman–Crippen MR) is 74.7 cm³/mol. The van der Waals surface area contributed by atoms with Crippen LogP contribution in [0.15, 0.2) is 18.7 Å². The highest BCUT2D eigenvalue weighted by atomic mass is 16.5. The fraction of sp³-hybridized carbons (Fsp3) is 0.714. The van der Waals surface area contributed by atoms with Crippen molar-refractivity contribution in [1.82, 2.24) is 14.6 Å². The van der Waals surface area contributed by atoms with E-state index in [1.54, 1.807) is 23.3 Å². The zero-order chi connectivity index (χ0) is 15.0. The molecule has 6 heteroatoms. The summed E-state index contributed by atoms with van der Waals surface area (Å²) in [4.78, 5) is 15.8. The summed E-state index contributed by atoms with van der Waals surface area (Å²) in [6.45, 7) is 7.70. The number of nitrogens with zero attached hydrogens (tertiary/aromatic N) is 3. The Morgan fingerprint density at radius 1 is 1.35 bits per heavy atom. The summed E-state index contributed by atoms with van der Waals surface area (Å²) < 4.78 is 7.20. The van der Waals surface area contributed by atoms with Crippen LogP contribution in [0.5, 0.6) is 0 Å². The Hall–Kier alpha value is -1.40. The molecule has 0 aromatic carbocycles. The minimum Gasteiger partial charge on any atom is -0.784 e. The molecular weight excluding hydrogens is 258 g/mol. The first-order valence-electron chi connectivity index (χ1n) is 6.83. The van der Waals surface area contributed by atoms with Gasteiger partial charge in [-0.1, -0.05) is 0 Å². The van der Waals surface area contributed by atoms with Gasteiger partial charge >= 0.3 is 5.97 Å². The molecule has 0 aliphatic carbocycles. The van der Waals surface area contributed by atoms with Crippen molar-refractivity contribution in [2.24, 2.45) is 0 Å². The number of carbonyl (C=O) groups excluding carboxylic acids is 1. The minimum absolute atomic E-state index is 0.151. The van der Waals surface area contributed by atoms with Crippen molar-refractivity contribution < 1.29 is 9.53 Å². The molecular formula is C14H22N3O3-. The van der Waals surface area contributed by atoms with Gasteiger partial charge in [0.05, 0.1) is 6.33 Å². The maximum absolute atomic E-state index is 12.2. The van der Waals surface area contributed by atoms with Crippen LogP contribution in [0.2, 0.25) is 0 Å². The number of aromatic nitrogens is 2. The van der Waals surface area contributed by atoms with E-state index in [-0.39, 0.29) is 18.6 Å². The zero-order valence-electron chi connectivity index (χ0n) is 12.5. The highest BCUT2D eigenvalue weighted by Crippen LogP contribution is 2.38. The second-order valence-electron chi connectivity index (χ2n) is 6.67. The Labute approximate surface area is 119 Å². The second-order valence-corrected chi connectivity index (χ2v) is 6.67. The summed E-state index contributed by atoms with van der Waals surface area (Å²) in [5.41, 5.74) is -1.05. The first kappa shape index (κ1) is 15.0. The van der Waals surface area contributed by atoms with Gasteiger partial charge in [0, 0.05) is 36.3 Å². The lowest BCUT2D eigenvalue weighted by Gasteiger charge is -2.59. The van der Waals surface area contributed by atoms with Gasteiger partial charge in [0.1, 0.15) is 12.6 Å². The SMILES string of the molecule is CC1(C)CC(OC(=O)Cn2ccnc2)CC(C)(C)N1[O-]. The van der Waals surface area contributed by atoms with Crippen molar-refractivity contribution in [3.8, 4) is 0 Å². The van der Waals surface area contributed by atoms with Gasteiger partial charge in [-0.15, -0.1) is 0 Å². The lowest BCUT2D eigenvalue weighted by molar-refractivity contribution is -0.158. The number of rotatable bonds is 3. The van der Waals surface area contributed by atoms with Crippen molar-refractivity contribution in [1.29, 1.82) is 0 Å². The number of ether oxygens (including phenoxy) is 1. The average Bonchev–Trinajstić information content (AvgIpc) is 2.77. The molecule has 0 unspecified atom stereocenters. The van der Waals surface area contributed by atoms with Gasteiger partial charge in [-0.05, 0) is 27.7 Å². The van der Waals surface area contributed by atoms with Crippen LogP contribution in [-0.2, 0) is 16.1 Å². The number of carbonyl (C=O) groups is 1. The van der Waals surface area contributed by atoms with E-state index in [2.05, 4.69) is 4.98 Å². The average molecular weight is 280 g/mol. The van der Waals surface area contributed by atoms with E-state index in [1.807, 2.05) is 27.7 Å². The molecule has 1 saturated heterocycles. The monoisotopic (exact) mass is 280 g/mol. The van der Waals surface area contributed by atoms with Gasteiger partial charge in [0.2, 0.25) is 0 Å². The van der Waals surface area contributed by atoms with Crippen LogP contribution in [-0.4, -0.2) is 37.8 Å². The molecule has 0 amide bonds. The van der Waals surface area contributed by atoms with Crippen LogP contribution in [0.25, 0.3) is 0 Å². The summed E-state index contributed by atoms with van der Waals surface area (Å²) in [5.74, 6) is -0.293. The molecule has 1 aliphatic rings. The third kappa shape index (κ3) is 3.19. The Kier molecular flexibility index (Phi) is 3.88. The maximum atomic E-state index is 12.2. The molecule has 0 N–H and O–H groups in total. The van der Waals surface area contributed by atoms with Crippen LogP contribution >= 0.6 is 0 Å². The summed E-state index contributed by atoms with van der Waals surface area (Å²) in [7, 11) is 0. The molecule has 1 aromatic heterocycles. The molecule has 1 aromatic rings. The Morgan fingerprint density at radius 2 is 1.95 bits per heavy atom. The summed E-state index contributed by atoms with van der Waals surface area (Å²) in [6.07, 6.45) is 5.80. The lowest BCUT2D eigenvalue weighted by atomic mass is 9.80. The minimum atomic E-state index is -0.526. The number of hydrogen-bond donors (Lipinski definition) is 0. The fourth-order valence-corrected chi connectivity index (χ4v) is 3.01. The number of esters is 1. The van der Waals surface area contributed by atoms with Crippen molar-refractivity contribution in [3.63, 3.8) is 0 Å². The number of hydrogen-bond acceptors (Lipinski definition) is 5. The van der Waals surface area contributed by atoms with Crippen LogP contribution in [0, 0.1) is 5.21 Å². The van der Waals surface area contributed by atoms with E-state index in [0.717, 1.165) is 5.06 Å². The van der Waals surface area contributed by atoms with Crippen LogP contribution < -0.4 is 0 Å². The van der Waals surface area contributed by atoms with Crippen molar-refractivity contribution in [2.45, 2.75) is 64.3 Å². The number of piperidine rings is 1. The van der Waals surface area contributed by atoms with E-state index in [4.69, 9.17) is 4.74 Å². The lowest BCUT2D eigenvalue weighted by Crippen LogP contribution is -2.59. The first-order chi connectivity index (χ1) is 9.21. The van der Waals surface area contributed by atoms with Gasteiger partial charge in [-0.25, -0.2) is 4.98 Å². The highest BCUT2D eigenvalue weighted by Gasteiger charge is 2.41. The smallest absolute Gasteiger partial charge is 0.326 e. The van der Waals surface area contributed by atoms with E-state index < -0.39 is 11.1 Å². The Morgan fingerprint density at radius 3 is 2.45 bits per heavy atom. The Balaban J connectivity index is 1.98. The third-order valence-corrected chi connectivity index (χ3v) is 3.72. The quantitative estimate of drug-likeness (QED) is 0.791. The molecule has 20 heavy (non-hydrogen) atoms. The molecule has 0 spiro atoms. The van der Waals surface area contributed by atoms with Gasteiger partial charge < -0.3 is 19.6 Å². The molecule has 112 valence electrons. The first-order valence-corrected chi connectivity index (χ1v) is 6.83. The maximum Gasteiger partial charge on any atom is 0.326 e.